The van der Waals surface area contributed by atoms with Crippen LogP contribution in [0.4, 0.5) is 5.69 Å². The van der Waals surface area contributed by atoms with Gasteiger partial charge >= 0.3 is 0 Å². The van der Waals surface area contributed by atoms with Gasteiger partial charge in [-0.05, 0) is 25.0 Å². The van der Waals surface area contributed by atoms with Gasteiger partial charge in [-0.2, -0.15) is 0 Å². The Hall–Kier alpha value is -0.930. The van der Waals surface area contributed by atoms with Crippen molar-refractivity contribution in [3.63, 3.8) is 0 Å². The van der Waals surface area contributed by atoms with Crippen LogP contribution in [0.2, 0.25) is 5.02 Å². The van der Waals surface area contributed by atoms with E-state index in [1.165, 1.54) is 12.8 Å². The molecule has 1 saturated heterocycles. The third-order valence-corrected chi connectivity index (χ3v) is 4.52. The van der Waals surface area contributed by atoms with E-state index in [9.17, 15) is 0 Å². The average Bonchev–Trinajstić information content (AvgIpc) is 2.82. The number of rotatable bonds is 2. The zero-order valence-electron chi connectivity index (χ0n) is 11.0. The second-order valence-electron chi connectivity index (χ2n) is 5.66. The first-order valence-electron chi connectivity index (χ1n) is 7.03. The quantitative estimate of drug-likeness (QED) is 0.839. The van der Waals surface area contributed by atoms with E-state index in [0.29, 0.717) is 16.5 Å². The average molecular weight is 282 g/mol. The van der Waals surface area contributed by atoms with Crippen molar-refractivity contribution in [2.45, 2.75) is 50.2 Å². The molecular weight excluding hydrogens is 262 g/mol. The summed E-state index contributed by atoms with van der Waals surface area (Å²) in [6, 6.07) is 5.38. The summed E-state index contributed by atoms with van der Waals surface area (Å²) >= 11 is 6.15. The number of benzene rings is 1. The smallest absolute Gasteiger partial charge is 0.140 e. The Morgan fingerprint density at radius 1 is 1.32 bits per heavy atom. The van der Waals surface area contributed by atoms with Crippen LogP contribution in [-0.4, -0.2) is 18.3 Å². The standard InChI is InChI=1S/C15H20ClNO2/c16-13-4-3-11(17)9-14(13)19-12-5-8-18-15(10-12)6-1-2-7-15/h3-4,9,12H,1-2,5-8,10,17H2. The molecule has 0 bridgehead atoms. The van der Waals surface area contributed by atoms with Crippen molar-refractivity contribution >= 4 is 17.3 Å². The second kappa shape index (κ2) is 5.22. The molecule has 0 radical (unpaired) electrons. The van der Waals surface area contributed by atoms with Crippen LogP contribution in [0.15, 0.2) is 18.2 Å². The third-order valence-electron chi connectivity index (χ3n) is 4.21. The minimum absolute atomic E-state index is 0.0652. The lowest BCUT2D eigenvalue weighted by Crippen LogP contribution is -2.41. The van der Waals surface area contributed by atoms with Gasteiger partial charge in [-0.25, -0.2) is 0 Å². The molecular formula is C15H20ClNO2. The number of ether oxygens (including phenoxy) is 2. The molecule has 1 spiro atoms. The summed E-state index contributed by atoms with van der Waals surface area (Å²) in [5.74, 6) is 0.696. The van der Waals surface area contributed by atoms with Gasteiger partial charge in [0.15, 0.2) is 0 Å². The van der Waals surface area contributed by atoms with Gasteiger partial charge < -0.3 is 15.2 Å². The molecule has 2 fully saturated rings. The number of anilines is 1. The Kier molecular flexibility index (Phi) is 3.59. The molecule has 1 saturated carbocycles. The zero-order valence-corrected chi connectivity index (χ0v) is 11.8. The Morgan fingerprint density at radius 2 is 2.11 bits per heavy atom. The fourth-order valence-electron chi connectivity index (χ4n) is 3.24. The fraction of sp³-hybridized carbons (Fsp3) is 0.600. The van der Waals surface area contributed by atoms with Gasteiger partial charge in [-0.1, -0.05) is 24.4 Å². The van der Waals surface area contributed by atoms with Gasteiger partial charge in [0.05, 0.1) is 17.2 Å². The molecule has 2 aliphatic rings. The maximum Gasteiger partial charge on any atom is 0.140 e. The highest BCUT2D eigenvalue weighted by molar-refractivity contribution is 6.32. The summed E-state index contributed by atoms with van der Waals surface area (Å²) in [4.78, 5) is 0. The maximum atomic E-state index is 6.15. The Labute approximate surface area is 119 Å². The van der Waals surface area contributed by atoms with E-state index < -0.39 is 0 Å². The Balaban J connectivity index is 1.70. The molecule has 1 aliphatic carbocycles. The first-order valence-corrected chi connectivity index (χ1v) is 7.40. The predicted octanol–water partition coefficient (Wildman–Crippen LogP) is 3.79. The lowest BCUT2D eigenvalue weighted by atomic mass is 9.90. The van der Waals surface area contributed by atoms with Crippen molar-refractivity contribution in [2.24, 2.45) is 0 Å². The molecule has 0 aromatic heterocycles. The highest BCUT2D eigenvalue weighted by Gasteiger charge is 2.40. The normalized spacial score (nSPS) is 25.6. The lowest BCUT2D eigenvalue weighted by Gasteiger charge is -2.38. The molecule has 3 nitrogen and oxygen atoms in total. The van der Waals surface area contributed by atoms with Crippen LogP contribution in [0, 0.1) is 0 Å². The van der Waals surface area contributed by atoms with Crippen LogP contribution in [0.25, 0.3) is 0 Å². The summed E-state index contributed by atoms with van der Waals surface area (Å²) < 4.78 is 12.1. The van der Waals surface area contributed by atoms with E-state index in [-0.39, 0.29) is 11.7 Å². The maximum absolute atomic E-state index is 6.15. The number of nitrogens with two attached hydrogens (primary N) is 1. The molecule has 3 rings (SSSR count). The zero-order chi connectivity index (χ0) is 13.3. The summed E-state index contributed by atoms with van der Waals surface area (Å²) in [7, 11) is 0. The molecule has 104 valence electrons. The number of hydrogen-bond donors (Lipinski definition) is 1. The Bertz CT molecular complexity index is 457. The first-order chi connectivity index (χ1) is 9.17. The van der Waals surface area contributed by atoms with Crippen molar-refractivity contribution in [2.75, 3.05) is 12.3 Å². The molecule has 1 heterocycles. The second-order valence-corrected chi connectivity index (χ2v) is 6.07. The fourth-order valence-corrected chi connectivity index (χ4v) is 3.40. The Morgan fingerprint density at radius 3 is 2.89 bits per heavy atom. The molecule has 4 heteroatoms. The number of halogens is 1. The minimum atomic E-state index is 0.0652. The van der Waals surface area contributed by atoms with Crippen LogP contribution in [0.5, 0.6) is 5.75 Å². The van der Waals surface area contributed by atoms with E-state index in [4.69, 9.17) is 26.8 Å². The van der Waals surface area contributed by atoms with Gasteiger partial charge in [0, 0.05) is 24.6 Å². The van der Waals surface area contributed by atoms with Crippen molar-refractivity contribution in [1.29, 1.82) is 0 Å². The van der Waals surface area contributed by atoms with Gasteiger partial charge in [0.25, 0.3) is 0 Å². The van der Waals surface area contributed by atoms with E-state index in [1.807, 2.05) is 0 Å². The van der Waals surface area contributed by atoms with E-state index in [2.05, 4.69) is 0 Å². The molecule has 2 N–H and O–H groups in total. The van der Waals surface area contributed by atoms with Gasteiger partial charge in [-0.3, -0.25) is 0 Å². The minimum Gasteiger partial charge on any atom is -0.489 e. The molecule has 1 aromatic carbocycles. The number of nitrogen functional groups attached to an aromatic ring is 1. The van der Waals surface area contributed by atoms with Crippen LogP contribution in [0.1, 0.15) is 38.5 Å². The summed E-state index contributed by atoms with van der Waals surface area (Å²) in [6.07, 6.45) is 6.95. The summed E-state index contributed by atoms with van der Waals surface area (Å²) in [5.41, 5.74) is 6.53. The van der Waals surface area contributed by atoms with Crippen LogP contribution < -0.4 is 10.5 Å². The van der Waals surface area contributed by atoms with Crippen molar-refractivity contribution in [3.05, 3.63) is 23.2 Å². The highest BCUT2D eigenvalue weighted by atomic mass is 35.5. The van der Waals surface area contributed by atoms with Crippen molar-refractivity contribution < 1.29 is 9.47 Å². The van der Waals surface area contributed by atoms with Crippen molar-refractivity contribution in [1.82, 2.24) is 0 Å². The third kappa shape index (κ3) is 2.82. The summed E-state index contributed by atoms with van der Waals surface area (Å²) in [5, 5.41) is 0.626. The monoisotopic (exact) mass is 281 g/mol. The highest BCUT2D eigenvalue weighted by Crippen LogP contribution is 2.41. The topological polar surface area (TPSA) is 44.5 Å². The van der Waals surface area contributed by atoms with E-state index in [1.54, 1.807) is 18.2 Å². The van der Waals surface area contributed by atoms with Crippen LogP contribution >= 0.6 is 11.6 Å². The SMILES string of the molecule is Nc1ccc(Cl)c(OC2CCOC3(CCCC3)C2)c1. The molecule has 1 unspecified atom stereocenters. The first kappa shape index (κ1) is 13.1. The van der Waals surface area contributed by atoms with Gasteiger partial charge in [0.2, 0.25) is 0 Å². The summed E-state index contributed by atoms with van der Waals surface area (Å²) in [6.45, 7) is 0.782. The van der Waals surface area contributed by atoms with Crippen molar-refractivity contribution in [3.8, 4) is 5.75 Å². The van der Waals surface area contributed by atoms with Gasteiger partial charge in [-0.15, -0.1) is 0 Å². The predicted molar refractivity (Wildman–Crippen MR) is 76.7 cm³/mol. The largest absolute Gasteiger partial charge is 0.489 e. The molecule has 1 aromatic rings. The van der Waals surface area contributed by atoms with E-state index in [0.717, 1.165) is 32.3 Å². The molecule has 19 heavy (non-hydrogen) atoms. The van der Waals surface area contributed by atoms with Gasteiger partial charge in [0.1, 0.15) is 11.9 Å². The molecule has 1 atom stereocenters. The molecule has 1 aliphatic heterocycles. The van der Waals surface area contributed by atoms with Crippen LogP contribution in [0.3, 0.4) is 0 Å². The number of hydrogen-bond acceptors (Lipinski definition) is 3. The lowest BCUT2D eigenvalue weighted by molar-refractivity contribution is -0.108. The molecule has 0 amide bonds. The van der Waals surface area contributed by atoms with Crippen LogP contribution in [-0.2, 0) is 4.74 Å². The van der Waals surface area contributed by atoms with E-state index >= 15 is 0 Å².